The van der Waals surface area contributed by atoms with E-state index in [-0.39, 0.29) is 32.1 Å². The van der Waals surface area contributed by atoms with Gasteiger partial charge in [0.2, 0.25) is 0 Å². The Kier molecular flexibility index (Phi) is 8.13. The smallest absolute Gasteiger partial charge is 0.324 e. The van der Waals surface area contributed by atoms with Crippen LogP contribution in [0.4, 0.5) is 5.69 Å². The maximum absolute atomic E-state index is 13.3. The lowest BCUT2D eigenvalue weighted by Crippen LogP contribution is -2.43. The van der Waals surface area contributed by atoms with Crippen molar-refractivity contribution in [3.63, 3.8) is 0 Å². The first kappa shape index (κ1) is 27.4. The summed E-state index contributed by atoms with van der Waals surface area (Å²) >= 11 is 0. The Balaban J connectivity index is 1.59. The molecule has 1 saturated heterocycles. The summed E-state index contributed by atoms with van der Waals surface area (Å²) in [6.07, 6.45) is -0.827. The van der Waals surface area contributed by atoms with Crippen LogP contribution in [0.15, 0.2) is 30.3 Å². The molecular weight excluding hydrogens is 499 g/mol. The molecule has 0 spiro atoms. The van der Waals surface area contributed by atoms with Crippen molar-refractivity contribution in [2.45, 2.75) is 32.2 Å². The molecule has 37 heavy (non-hydrogen) atoms. The number of rotatable bonds is 10. The molecule has 0 aromatic heterocycles. The molecule has 1 N–H and O–H groups in total. The predicted octanol–water partition coefficient (Wildman–Crippen LogP) is 3.16. The second-order valence-corrected chi connectivity index (χ2v) is 11.4. The Morgan fingerprint density at radius 1 is 1.14 bits per heavy atom. The van der Waals surface area contributed by atoms with E-state index < -0.39 is 31.3 Å². The monoisotopic (exact) mass is 532 g/mol. The number of imide groups is 1. The van der Waals surface area contributed by atoms with Gasteiger partial charge in [0.25, 0.3) is 17.7 Å². The van der Waals surface area contributed by atoms with E-state index in [0.717, 1.165) is 0 Å². The molecule has 0 saturated carbocycles. The van der Waals surface area contributed by atoms with Crippen molar-refractivity contribution < 1.29 is 32.8 Å². The van der Waals surface area contributed by atoms with Crippen LogP contribution < -0.4 is 5.32 Å². The Morgan fingerprint density at radius 2 is 1.81 bits per heavy atom. The molecule has 2 aromatic rings. The predicted molar refractivity (Wildman–Crippen MR) is 138 cm³/mol. The van der Waals surface area contributed by atoms with E-state index in [2.05, 4.69) is 5.32 Å². The fourth-order valence-electron chi connectivity index (χ4n) is 4.66. The Morgan fingerprint density at radius 3 is 2.46 bits per heavy atom. The zero-order valence-electron chi connectivity index (χ0n) is 21.7. The summed E-state index contributed by atoms with van der Waals surface area (Å²) in [7, 11) is 1.80. The first-order valence-corrected chi connectivity index (χ1v) is 13.9. The van der Waals surface area contributed by atoms with Gasteiger partial charge in [-0.3, -0.25) is 28.7 Å². The largest absolute Gasteiger partial charge is 0.350 e. The molecule has 2 aromatic carbocycles. The van der Waals surface area contributed by atoms with Crippen LogP contribution in [-0.4, -0.2) is 91.9 Å². The van der Waals surface area contributed by atoms with Crippen LogP contribution >= 0.6 is 7.60 Å². The third kappa shape index (κ3) is 5.34. The average molecular weight is 533 g/mol. The van der Waals surface area contributed by atoms with E-state index in [1.807, 2.05) is 19.0 Å². The van der Waals surface area contributed by atoms with Crippen molar-refractivity contribution in [1.29, 1.82) is 0 Å². The van der Waals surface area contributed by atoms with Gasteiger partial charge in [0.15, 0.2) is 6.10 Å². The number of hydroxylamine groups is 2. The molecule has 0 aliphatic carbocycles. The lowest BCUT2D eigenvalue weighted by molar-refractivity contribution is -0.155. The van der Waals surface area contributed by atoms with E-state index in [0.29, 0.717) is 34.1 Å². The average Bonchev–Trinajstić information content (AvgIpc) is 3.25. The summed E-state index contributed by atoms with van der Waals surface area (Å²) < 4.78 is 24.1. The quantitative estimate of drug-likeness (QED) is 0.364. The van der Waals surface area contributed by atoms with Crippen LogP contribution in [0.25, 0.3) is 10.8 Å². The fraction of sp³-hybridized carbons (Fsp3) is 0.480. The van der Waals surface area contributed by atoms with Gasteiger partial charge in [0, 0.05) is 43.2 Å². The van der Waals surface area contributed by atoms with Crippen LogP contribution in [0, 0.1) is 0 Å². The number of likely N-dealkylation sites (N-methyl/N-ethyl adjacent to an activating group) is 1. The number of benzene rings is 2. The first-order valence-electron chi connectivity index (χ1n) is 12.3. The number of nitrogens with one attached hydrogen (secondary N) is 1. The van der Waals surface area contributed by atoms with Gasteiger partial charge in [-0.05, 0) is 51.5 Å². The van der Waals surface area contributed by atoms with Crippen LogP contribution in [0.5, 0.6) is 0 Å². The normalized spacial score (nSPS) is 20.3. The van der Waals surface area contributed by atoms with Gasteiger partial charge < -0.3 is 19.3 Å². The summed E-state index contributed by atoms with van der Waals surface area (Å²) in [6, 6.07) is 8.56. The molecule has 1 fully saturated rings. The van der Waals surface area contributed by atoms with Gasteiger partial charge in [0.05, 0.1) is 18.8 Å². The highest BCUT2D eigenvalue weighted by molar-refractivity contribution is 7.54. The van der Waals surface area contributed by atoms with Crippen LogP contribution in [0.3, 0.4) is 0 Å². The van der Waals surface area contributed by atoms with Crippen molar-refractivity contribution in [1.82, 2.24) is 14.9 Å². The zero-order valence-corrected chi connectivity index (χ0v) is 22.6. The first-order chi connectivity index (χ1) is 17.6. The van der Waals surface area contributed by atoms with Crippen molar-refractivity contribution in [2.24, 2.45) is 0 Å². The number of carbonyl (C=O) groups excluding carboxylic acids is 3. The molecule has 4 rings (SSSR count). The number of nitrogens with zero attached hydrogens (tertiary/aromatic N) is 3. The molecule has 2 aliphatic rings. The zero-order chi connectivity index (χ0) is 26.9. The third-order valence-electron chi connectivity index (χ3n) is 6.38. The maximum atomic E-state index is 13.3. The van der Waals surface area contributed by atoms with Gasteiger partial charge >= 0.3 is 7.60 Å². The number of carbonyl (C=O) groups is 3. The third-order valence-corrected chi connectivity index (χ3v) is 8.88. The second kappa shape index (κ2) is 11.0. The van der Waals surface area contributed by atoms with E-state index >= 15 is 0 Å². The van der Waals surface area contributed by atoms with Crippen LogP contribution in [0.2, 0.25) is 0 Å². The topological polar surface area (TPSA) is 118 Å². The lowest BCUT2D eigenvalue weighted by atomic mass is 9.93. The van der Waals surface area contributed by atoms with Crippen LogP contribution in [0.1, 0.15) is 41.0 Å². The van der Waals surface area contributed by atoms with Crippen molar-refractivity contribution in [2.75, 3.05) is 52.8 Å². The molecule has 2 heterocycles. The van der Waals surface area contributed by atoms with Gasteiger partial charge in [-0.1, -0.05) is 12.1 Å². The summed E-state index contributed by atoms with van der Waals surface area (Å²) in [5.41, 5.74) is 1.20. The molecule has 0 unspecified atom stereocenters. The lowest BCUT2D eigenvalue weighted by Gasteiger charge is -2.28. The van der Waals surface area contributed by atoms with E-state index in [4.69, 9.17) is 13.9 Å². The van der Waals surface area contributed by atoms with Gasteiger partial charge in [-0.2, -0.15) is 5.06 Å². The Labute approximate surface area is 216 Å². The highest BCUT2D eigenvalue weighted by Gasteiger charge is 2.48. The highest BCUT2D eigenvalue weighted by atomic mass is 31.2. The molecule has 200 valence electrons. The van der Waals surface area contributed by atoms with Gasteiger partial charge in [-0.15, -0.1) is 0 Å². The minimum Gasteiger partial charge on any atom is -0.324 e. The highest BCUT2D eigenvalue weighted by Crippen LogP contribution is 2.57. The standard InChI is InChI=1S/C25H33N4O7P/c1-6-34-37(33,35-7-2)21-15-20(36-28(21)5)23(30)26-17-13-16-9-8-10-18-22(16)19(14-17)25(32)29(24(18)31)12-11-27(3)4/h8-10,13-14,20-21H,6-7,11-12,15H2,1-5H3,(H,26,30)/t20-,21+/m1/s1. The van der Waals surface area contributed by atoms with Crippen LogP contribution in [-0.2, 0) is 23.2 Å². The fourth-order valence-corrected chi connectivity index (χ4v) is 6.70. The Bertz CT molecular complexity index is 1260. The number of hydrogen-bond donors (Lipinski definition) is 1. The summed E-state index contributed by atoms with van der Waals surface area (Å²) in [5, 5.41) is 5.41. The SMILES string of the molecule is CCOP(=O)(OCC)[C@H]1C[C@H](C(=O)Nc2cc3c4c(cccc4c2)C(=O)N(CCN(C)C)C3=O)ON1C. The molecule has 2 aliphatic heterocycles. The molecule has 0 bridgehead atoms. The van der Waals surface area contributed by atoms with Crippen molar-refractivity contribution in [3.05, 3.63) is 41.5 Å². The molecule has 0 radical (unpaired) electrons. The molecule has 3 amide bonds. The molecule has 12 heteroatoms. The summed E-state index contributed by atoms with van der Waals surface area (Å²) in [6.45, 7) is 4.62. The minimum atomic E-state index is -3.53. The van der Waals surface area contributed by atoms with E-state index in [1.165, 1.54) is 9.96 Å². The molecule has 2 atom stereocenters. The van der Waals surface area contributed by atoms with Crippen molar-refractivity contribution >= 4 is 41.8 Å². The second-order valence-electron chi connectivity index (χ2n) is 9.21. The summed E-state index contributed by atoms with van der Waals surface area (Å²) in [4.78, 5) is 48.4. The van der Waals surface area contributed by atoms with Gasteiger partial charge in [-0.25, -0.2) is 0 Å². The van der Waals surface area contributed by atoms with Gasteiger partial charge in [0.1, 0.15) is 5.78 Å². The number of amides is 3. The minimum absolute atomic E-state index is 0.107. The van der Waals surface area contributed by atoms with E-state index in [9.17, 15) is 18.9 Å². The molecular formula is C25H33N4O7P. The maximum Gasteiger partial charge on any atom is 0.350 e. The Hall–Kier alpha value is -2.66. The number of anilines is 1. The molecule has 11 nitrogen and oxygen atoms in total. The summed E-state index contributed by atoms with van der Waals surface area (Å²) in [5.74, 6) is -1.93. The number of hydrogen-bond acceptors (Lipinski definition) is 9. The van der Waals surface area contributed by atoms with E-state index in [1.54, 1.807) is 51.2 Å². The van der Waals surface area contributed by atoms with Crippen molar-refractivity contribution in [3.8, 4) is 0 Å².